The molecule has 1 N–H and O–H groups in total. The van der Waals surface area contributed by atoms with Crippen molar-refractivity contribution in [2.24, 2.45) is 5.92 Å². The van der Waals surface area contributed by atoms with Crippen LogP contribution in [-0.2, 0) is 4.79 Å². The van der Waals surface area contributed by atoms with Crippen LogP contribution in [0.2, 0.25) is 0 Å². The van der Waals surface area contributed by atoms with E-state index in [0.717, 1.165) is 75.4 Å². The zero-order valence-electron chi connectivity index (χ0n) is 18.4. The van der Waals surface area contributed by atoms with Crippen molar-refractivity contribution >= 4 is 5.97 Å². The van der Waals surface area contributed by atoms with Gasteiger partial charge in [0.2, 0.25) is 0 Å². The Morgan fingerprint density at radius 1 is 0.963 bits per heavy atom. The molecule has 0 spiro atoms. The Morgan fingerprint density at radius 3 is 2.00 bits per heavy atom. The van der Waals surface area contributed by atoms with E-state index in [1.807, 2.05) is 6.92 Å². The van der Waals surface area contributed by atoms with Crippen molar-refractivity contribution in [2.45, 2.75) is 98.0 Å². The average molecular weight is 384 g/mol. The van der Waals surface area contributed by atoms with Gasteiger partial charge in [0.05, 0.1) is 25.6 Å². The van der Waals surface area contributed by atoms with Crippen LogP contribution >= 0.6 is 0 Å². The van der Waals surface area contributed by atoms with Gasteiger partial charge >= 0.3 is 0 Å². The van der Waals surface area contributed by atoms with Crippen molar-refractivity contribution in [3.63, 3.8) is 0 Å². The third kappa shape index (κ3) is 12.2. The third-order valence-electron chi connectivity index (χ3n) is 5.57. The molecule has 0 amide bonds. The highest BCUT2D eigenvalue weighted by molar-refractivity contribution is 5.67. The van der Waals surface area contributed by atoms with Crippen molar-refractivity contribution in [1.82, 2.24) is 0 Å². The van der Waals surface area contributed by atoms with Gasteiger partial charge in [0.25, 0.3) is 0 Å². The molecule has 0 fully saturated rings. The first kappa shape index (κ1) is 26.1. The number of nitrogens with zero attached hydrogens (tertiary/aromatic N) is 1. The molecule has 0 aromatic carbocycles. The molecule has 27 heavy (non-hydrogen) atoms. The molecule has 0 saturated carbocycles. The van der Waals surface area contributed by atoms with E-state index in [-0.39, 0.29) is 6.10 Å². The summed E-state index contributed by atoms with van der Waals surface area (Å²) < 4.78 is 0.727. The predicted octanol–water partition coefficient (Wildman–Crippen LogP) is 4.07. The van der Waals surface area contributed by atoms with Gasteiger partial charge in [-0.05, 0) is 51.4 Å². The molecule has 0 aliphatic carbocycles. The van der Waals surface area contributed by atoms with Gasteiger partial charge in [-0.3, -0.25) is 0 Å². The highest BCUT2D eigenvalue weighted by Gasteiger charge is 2.32. The summed E-state index contributed by atoms with van der Waals surface area (Å²) in [6.45, 7) is 11.6. The minimum atomic E-state index is -0.939. The summed E-state index contributed by atoms with van der Waals surface area (Å²) in [6.07, 6.45) is 14.0. The van der Waals surface area contributed by atoms with E-state index in [4.69, 9.17) is 0 Å². The molecule has 0 radical (unpaired) electrons. The van der Waals surface area contributed by atoms with Crippen molar-refractivity contribution < 1.29 is 19.5 Å². The maximum atomic E-state index is 11.6. The number of carbonyl (C=O) groups excluding carboxylic acids is 1. The summed E-state index contributed by atoms with van der Waals surface area (Å²) in [5.74, 6) is -1.37. The number of rotatable bonds is 18. The fourth-order valence-corrected chi connectivity index (χ4v) is 3.90. The molecular weight excluding hydrogens is 338 g/mol. The molecule has 0 saturated heterocycles. The number of aliphatic hydroxyl groups is 1. The Labute approximate surface area is 168 Å². The van der Waals surface area contributed by atoms with Crippen LogP contribution < -0.4 is 5.11 Å². The fraction of sp³-hybridized carbons (Fsp3) is 0.870. The number of aliphatic carboxylic acids is 1. The van der Waals surface area contributed by atoms with Crippen LogP contribution in [0.4, 0.5) is 0 Å². The molecule has 0 aliphatic rings. The van der Waals surface area contributed by atoms with E-state index >= 15 is 0 Å². The molecule has 0 heterocycles. The second-order valence-corrected chi connectivity index (χ2v) is 8.10. The second kappa shape index (κ2) is 16.1. The Kier molecular flexibility index (Phi) is 15.6. The van der Waals surface area contributed by atoms with E-state index in [1.165, 1.54) is 0 Å². The van der Waals surface area contributed by atoms with Gasteiger partial charge in [-0.1, -0.05) is 52.7 Å². The number of aliphatic hydroxyl groups excluding tert-OH is 1. The maximum absolute atomic E-state index is 11.6. The molecule has 160 valence electrons. The number of carbonyl (C=O) groups is 1. The first-order chi connectivity index (χ1) is 12.9. The van der Waals surface area contributed by atoms with Crippen LogP contribution in [-0.4, -0.2) is 47.8 Å². The summed E-state index contributed by atoms with van der Waals surface area (Å²) in [5, 5.41) is 22.3. The first-order valence-electron chi connectivity index (χ1n) is 11.3. The lowest BCUT2D eigenvalue weighted by Crippen LogP contribution is -2.57. The van der Waals surface area contributed by atoms with E-state index in [0.29, 0.717) is 19.5 Å². The summed E-state index contributed by atoms with van der Waals surface area (Å²) in [4.78, 5) is 11.6. The summed E-state index contributed by atoms with van der Waals surface area (Å²) in [5.41, 5.74) is 0. The van der Waals surface area contributed by atoms with Crippen molar-refractivity contribution in [2.75, 3.05) is 26.2 Å². The smallest absolute Gasteiger partial charge is 0.105 e. The number of hydrogen-bond acceptors (Lipinski definition) is 3. The van der Waals surface area contributed by atoms with Gasteiger partial charge in [0, 0.05) is 5.92 Å². The lowest BCUT2D eigenvalue weighted by molar-refractivity contribution is -0.933. The SMILES string of the molecule is CC/C=C/CCC(O)C[N+](CCCCC)(CCCCC)CC(CC)C(=O)[O-]. The number of hydrogen-bond donors (Lipinski definition) is 1. The summed E-state index contributed by atoms with van der Waals surface area (Å²) in [6, 6.07) is 0. The number of unbranched alkanes of at least 4 members (excludes halogenated alkanes) is 4. The molecule has 2 atom stereocenters. The standard InChI is InChI=1S/C23H45NO3/c1-5-9-12-13-16-22(25)20-24(17-14-10-6-2,18-15-11-7-3)19-21(8-4)23(26)27/h9,12,21-22,25H,5-8,10-11,13-20H2,1-4H3/b12-9+. The Balaban J connectivity index is 5.24. The van der Waals surface area contributed by atoms with Crippen molar-refractivity contribution in [3.05, 3.63) is 12.2 Å². The monoisotopic (exact) mass is 383 g/mol. The normalized spacial score (nSPS) is 14.6. The molecular formula is C23H45NO3. The lowest BCUT2D eigenvalue weighted by Gasteiger charge is -2.43. The van der Waals surface area contributed by atoms with E-state index in [9.17, 15) is 15.0 Å². The van der Waals surface area contributed by atoms with E-state index in [2.05, 4.69) is 32.9 Å². The van der Waals surface area contributed by atoms with Crippen LogP contribution in [0.25, 0.3) is 0 Å². The average Bonchev–Trinajstić information content (AvgIpc) is 2.63. The molecule has 0 aromatic rings. The third-order valence-corrected chi connectivity index (χ3v) is 5.57. The fourth-order valence-electron chi connectivity index (χ4n) is 3.90. The van der Waals surface area contributed by atoms with Crippen LogP contribution in [0.1, 0.15) is 91.9 Å². The van der Waals surface area contributed by atoms with Gasteiger partial charge in [0.1, 0.15) is 12.6 Å². The molecule has 4 nitrogen and oxygen atoms in total. The molecule has 0 aliphatic heterocycles. The summed E-state index contributed by atoms with van der Waals surface area (Å²) >= 11 is 0. The summed E-state index contributed by atoms with van der Waals surface area (Å²) in [7, 11) is 0. The van der Waals surface area contributed by atoms with Gasteiger partial charge in [-0.2, -0.15) is 0 Å². The van der Waals surface area contributed by atoms with Crippen LogP contribution in [0.5, 0.6) is 0 Å². The molecule has 0 bridgehead atoms. The zero-order chi connectivity index (χ0) is 20.5. The molecule has 0 rings (SSSR count). The number of carboxylic acid groups (broad SMARTS) is 1. The Morgan fingerprint density at radius 2 is 1.56 bits per heavy atom. The Bertz CT molecular complexity index is 385. The van der Waals surface area contributed by atoms with Gasteiger partial charge in [-0.25, -0.2) is 0 Å². The highest BCUT2D eigenvalue weighted by Crippen LogP contribution is 2.21. The highest BCUT2D eigenvalue weighted by atomic mass is 16.4. The maximum Gasteiger partial charge on any atom is 0.105 e. The lowest BCUT2D eigenvalue weighted by atomic mass is 10.0. The van der Waals surface area contributed by atoms with Crippen molar-refractivity contribution in [3.8, 4) is 0 Å². The number of carboxylic acids is 1. The minimum absolute atomic E-state index is 0.381. The van der Waals surface area contributed by atoms with Crippen molar-refractivity contribution in [1.29, 1.82) is 0 Å². The number of allylic oxidation sites excluding steroid dienone is 2. The minimum Gasteiger partial charge on any atom is -0.550 e. The Hall–Kier alpha value is -0.870. The topological polar surface area (TPSA) is 60.4 Å². The van der Waals surface area contributed by atoms with Crippen LogP contribution in [0.3, 0.4) is 0 Å². The van der Waals surface area contributed by atoms with Gasteiger partial charge in [0.15, 0.2) is 0 Å². The molecule has 0 aromatic heterocycles. The second-order valence-electron chi connectivity index (χ2n) is 8.10. The zero-order valence-corrected chi connectivity index (χ0v) is 18.4. The van der Waals surface area contributed by atoms with E-state index < -0.39 is 11.9 Å². The van der Waals surface area contributed by atoms with Gasteiger partial charge in [-0.15, -0.1) is 0 Å². The molecule has 2 unspecified atom stereocenters. The number of quaternary nitrogens is 1. The quantitative estimate of drug-likeness (QED) is 0.220. The first-order valence-corrected chi connectivity index (χ1v) is 11.3. The molecule has 4 heteroatoms. The van der Waals surface area contributed by atoms with Gasteiger partial charge < -0.3 is 19.5 Å². The van der Waals surface area contributed by atoms with Crippen LogP contribution in [0.15, 0.2) is 12.2 Å². The van der Waals surface area contributed by atoms with Crippen LogP contribution in [0, 0.1) is 5.92 Å². The predicted molar refractivity (Wildman–Crippen MR) is 112 cm³/mol. The van der Waals surface area contributed by atoms with E-state index in [1.54, 1.807) is 0 Å². The largest absolute Gasteiger partial charge is 0.550 e.